The molecule has 0 radical (unpaired) electrons. The Balaban J connectivity index is 2.64. The van der Waals surface area contributed by atoms with Crippen molar-refractivity contribution in [1.82, 2.24) is 4.72 Å². The van der Waals surface area contributed by atoms with Crippen LogP contribution < -0.4 is 4.72 Å². The lowest BCUT2D eigenvalue weighted by Crippen LogP contribution is -2.48. The molecule has 1 saturated carbocycles. The van der Waals surface area contributed by atoms with Gasteiger partial charge in [-0.15, -0.1) is 0 Å². The molecule has 2 atom stereocenters. The lowest BCUT2D eigenvalue weighted by molar-refractivity contribution is -0.155. The largest absolute Gasteiger partial charge is 0.405 e. The molecule has 0 aromatic rings. The number of nitrogens with one attached hydrogen (secondary N) is 1. The first kappa shape index (κ1) is 13.0. The molecule has 0 aromatic carbocycles. The third-order valence-corrected chi connectivity index (χ3v) is 3.82. The Morgan fingerprint density at radius 3 is 2.00 bits per heavy atom. The molecular formula is C9H16F3NOS. The molecule has 0 saturated heterocycles. The average molecular weight is 243 g/mol. The van der Waals surface area contributed by atoms with Crippen molar-refractivity contribution in [3.8, 4) is 0 Å². The lowest BCUT2D eigenvalue weighted by Gasteiger charge is -2.25. The molecule has 2 nitrogen and oxygen atoms in total. The zero-order valence-electron chi connectivity index (χ0n) is 9.02. The number of hydrogen-bond donors (Lipinski definition) is 1. The fraction of sp³-hybridized carbons (Fsp3) is 1.00. The van der Waals surface area contributed by atoms with Crippen molar-refractivity contribution in [1.29, 1.82) is 0 Å². The summed E-state index contributed by atoms with van der Waals surface area (Å²) in [7, 11) is -1.66. The molecular weight excluding hydrogens is 227 g/mol. The van der Waals surface area contributed by atoms with Crippen LogP contribution in [0.5, 0.6) is 0 Å². The van der Waals surface area contributed by atoms with Gasteiger partial charge in [-0.05, 0) is 39.5 Å². The maximum atomic E-state index is 12.6. The fourth-order valence-electron chi connectivity index (χ4n) is 1.15. The zero-order chi connectivity index (χ0) is 11.9. The summed E-state index contributed by atoms with van der Waals surface area (Å²) in [6.07, 6.45) is -3.17. The molecule has 6 heteroatoms. The summed E-state index contributed by atoms with van der Waals surface area (Å²) in [5.74, 6) is -0.392. The van der Waals surface area contributed by atoms with E-state index in [1.165, 1.54) is 0 Å². The Morgan fingerprint density at radius 1 is 1.27 bits per heavy atom. The Kier molecular flexibility index (Phi) is 3.50. The van der Waals surface area contributed by atoms with Crippen LogP contribution in [0.25, 0.3) is 0 Å². The maximum absolute atomic E-state index is 12.6. The van der Waals surface area contributed by atoms with Crippen LogP contribution in [0.3, 0.4) is 0 Å². The van der Waals surface area contributed by atoms with Gasteiger partial charge in [0.1, 0.15) is 6.04 Å². The highest BCUT2D eigenvalue weighted by Gasteiger charge is 2.50. The Hall–Kier alpha value is -0.100. The molecule has 0 aliphatic heterocycles. The van der Waals surface area contributed by atoms with E-state index in [1.807, 2.05) is 0 Å². The van der Waals surface area contributed by atoms with Crippen LogP contribution in [0.15, 0.2) is 0 Å². The highest BCUT2D eigenvalue weighted by molar-refractivity contribution is 7.84. The van der Waals surface area contributed by atoms with Gasteiger partial charge in [0.05, 0.1) is 15.7 Å². The number of halogens is 3. The van der Waals surface area contributed by atoms with Crippen LogP contribution in [0.1, 0.15) is 33.6 Å². The third-order valence-electron chi connectivity index (χ3n) is 2.24. The monoisotopic (exact) mass is 243 g/mol. The van der Waals surface area contributed by atoms with Gasteiger partial charge in [0.25, 0.3) is 0 Å². The van der Waals surface area contributed by atoms with E-state index in [9.17, 15) is 17.4 Å². The van der Waals surface area contributed by atoms with Crippen molar-refractivity contribution in [2.45, 2.75) is 50.6 Å². The number of rotatable bonds is 3. The van der Waals surface area contributed by atoms with E-state index in [0.717, 1.165) is 0 Å². The van der Waals surface area contributed by atoms with Gasteiger partial charge in [-0.2, -0.15) is 13.2 Å². The first-order valence-corrected chi connectivity index (χ1v) is 6.02. The van der Waals surface area contributed by atoms with E-state index >= 15 is 0 Å². The molecule has 0 aromatic heterocycles. The van der Waals surface area contributed by atoms with Gasteiger partial charge >= 0.3 is 6.18 Å². The van der Waals surface area contributed by atoms with Gasteiger partial charge in [0.15, 0.2) is 0 Å². The van der Waals surface area contributed by atoms with Gasteiger partial charge in [-0.3, -0.25) is 0 Å². The minimum Gasteiger partial charge on any atom is -0.242 e. The molecule has 1 aliphatic carbocycles. The minimum absolute atomic E-state index is 0.392. The summed E-state index contributed by atoms with van der Waals surface area (Å²) in [5.41, 5.74) is 0. The Morgan fingerprint density at radius 2 is 1.73 bits per heavy atom. The standard InChI is InChI=1S/C9H16F3NOS/c1-8(2,3)15(14)13-7(6-4-5-6)9(10,11)12/h6-7,13H,4-5H2,1-3H3/t7-,15?/m0/s1. The fourth-order valence-corrected chi connectivity index (χ4v) is 2.06. The zero-order valence-corrected chi connectivity index (χ0v) is 9.84. The van der Waals surface area contributed by atoms with Crippen LogP contribution in [-0.4, -0.2) is 21.2 Å². The highest BCUT2D eigenvalue weighted by Crippen LogP contribution is 2.40. The summed E-state index contributed by atoms with van der Waals surface area (Å²) in [6, 6.07) is -1.61. The Labute approximate surface area is 90.2 Å². The molecule has 1 rings (SSSR count). The second-order valence-electron chi connectivity index (χ2n) is 4.86. The predicted octanol–water partition coefficient (Wildman–Crippen LogP) is 2.38. The van der Waals surface area contributed by atoms with E-state index in [1.54, 1.807) is 20.8 Å². The minimum atomic E-state index is -4.30. The molecule has 0 bridgehead atoms. The second-order valence-corrected chi connectivity index (χ2v) is 6.85. The SMILES string of the molecule is CC(C)(C)S(=O)N[C@@H](C1CC1)C(F)(F)F. The van der Waals surface area contributed by atoms with Crippen LogP contribution >= 0.6 is 0 Å². The summed E-state index contributed by atoms with van der Waals surface area (Å²) < 4.78 is 50.8. The molecule has 1 unspecified atom stereocenters. The molecule has 1 N–H and O–H groups in total. The lowest BCUT2D eigenvalue weighted by atomic mass is 10.2. The van der Waals surface area contributed by atoms with Gasteiger partial charge in [-0.25, -0.2) is 8.93 Å². The van der Waals surface area contributed by atoms with Crippen molar-refractivity contribution in [2.24, 2.45) is 5.92 Å². The van der Waals surface area contributed by atoms with E-state index in [4.69, 9.17) is 0 Å². The van der Waals surface area contributed by atoms with E-state index in [2.05, 4.69) is 4.72 Å². The van der Waals surface area contributed by atoms with Crippen molar-refractivity contribution < 1.29 is 17.4 Å². The first-order chi connectivity index (χ1) is 6.62. The van der Waals surface area contributed by atoms with E-state index in [-0.39, 0.29) is 0 Å². The molecule has 1 fully saturated rings. The van der Waals surface area contributed by atoms with Gasteiger partial charge in [0, 0.05) is 0 Å². The van der Waals surface area contributed by atoms with Crippen LogP contribution in [0.4, 0.5) is 13.2 Å². The van der Waals surface area contributed by atoms with Crippen molar-refractivity contribution in [3.63, 3.8) is 0 Å². The highest BCUT2D eigenvalue weighted by atomic mass is 32.2. The summed E-state index contributed by atoms with van der Waals surface area (Å²) >= 11 is 0. The number of hydrogen-bond acceptors (Lipinski definition) is 1. The first-order valence-electron chi connectivity index (χ1n) is 4.87. The second kappa shape index (κ2) is 4.05. The van der Waals surface area contributed by atoms with Gasteiger partial charge in [-0.1, -0.05) is 0 Å². The van der Waals surface area contributed by atoms with Gasteiger partial charge in [0.2, 0.25) is 0 Å². The van der Waals surface area contributed by atoms with E-state index < -0.39 is 33.9 Å². The smallest absolute Gasteiger partial charge is 0.242 e. The molecule has 0 heterocycles. The average Bonchev–Trinajstić information content (AvgIpc) is 2.77. The Bertz CT molecular complexity index is 255. The molecule has 15 heavy (non-hydrogen) atoms. The summed E-state index contributed by atoms with van der Waals surface area (Å²) in [5, 5.41) is 0. The maximum Gasteiger partial charge on any atom is 0.405 e. The van der Waals surface area contributed by atoms with Gasteiger partial charge < -0.3 is 0 Å². The molecule has 0 spiro atoms. The van der Waals surface area contributed by atoms with Crippen molar-refractivity contribution in [3.05, 3.63) is 0 Å². The molecule has 1 aliphatic rings. The predicted molar refractivity (Wildman–Crippen MR) is 53.6 cm³/mol. The third kappa shape index (κ3) is 3.75. The quantitative estimate of drug-likeness (QED) is 0.810. The summed E-state index contributed by atoms with van der Waals surface area (Å²) in [6.45, 7) is 4.95. The van der Waals surface area contributed by atoms with Crippen LogP contribution in [0.2, 0.25) is 0 Å². The van der Waals surface area contributed by atoms with E-state index in [0.29, 0.717) is 12.8 Å². The normalized spacial score (nSPS) is 22.5. The topological polar surface area (TPSA) is 29.1 Å². The molecule has 0 amide bonds. The van der Waals surface area contributed by atoms with Crippen molar-refractivity contribution in [2.75, 3.05) is 0 Å². The summed E-state index contributed by atoms with van der Waals surface area (Å²) in [4.78, 5) is 0. The molecule has 90 valence electrons. The van der Waals surface area contributed by atoms with Crippen LogP contribution in [0, 0.1) is 5.92 Å². The number of alkyl halides is 3. The van der Waals surface area contributed by atoms with Crippen molar-refractivity contribution >= 4 is 11.0 Å². The van der Waals surface area contributed by atoms with Crippen LogP contribution in [-0.2, 0) is 11.0 Å².